The molecule has 0 unspecified atom stereocenters. The lowest BCUT2D eigenvalue weighted by molar-refractivity contribution is 0.434. The third-order valence-corrected chi connectivity index (χ3v) is 6.87. The smallest absolute Gasteiger partial charge is 0.132 e. The molecule has 1 aliphatic heterocycles. The molecule has 0 aliphatic carbocycles. The highest BCUT2D eigenvalue weighted by atomic mass is 16.5. The van der Waals surface area contributed by atoms with Gasteiger partial charge in [0.2, 0.25) is 0 Å². The molecule has 0 spiro atoms. The number of rotatable bonds is 3. The first-order valence-electron chi connectivity index (χ1n) is 11.8. The topological polar surface area (TPSA) is 60.8 Å². The van der Waals surface area contributed by atoms with Crippen molar-refractivity contribution in [3.8, 4) is 22.8 Å². The molecule has 0 N–H and O–H groups in total. The second-order valence-electron chi connectivity index (χ2n) is 8.77. The Balaban J connectivity index is 1.55. The number of benzene rings is 3. The molecule has 36 heavy (non-hydrogen) atoms. The van der Waals surface area contributed by atoms with Gasteiger partial charge in [0, 0.05) is 41.5 Å². The van der Waals surface area contributed by atoms with Crippen molar-refractivity contribution < 1.29 is 4.74 Å². The van der Waals surface area contributed by atoms with Gasteiger partial charge in [-0.1, -0.05) is 30.3 Å². The van der Waals surface area contributed by atoms with Gasteiger partial charge in [-0.15, -0.1) is 0 Å². The molecule has 0 atom stereocenters. The van der Waals surface area contributed by atoms with Crippen LogP contribution in [0.3, 0.4) is 0 Å². The highest BCUT2D eigenvalue weighted by Gasteiger charge is 2.45. The number of hydrogen-bond donors (Lipinski definition) is 0. The zero-order valence-electron chi connectivity index (χ0n) is 19.2. The number of hydrogen-bond acceptors (Lipinski definition) is 5. The van der Waals surface area contributed by atoms with Crippen molar-refractivity contribution in [2.45, 2.75) is 5.41 Å². The van der Waals surface area contributed by atoms with E-state index in [1.165, 1.54) is 0 Å². The van der Waals surface area contributed by atoms with E-state index in [1.54, 1.807) is 0 Å². The van der Waals surface area contributed by atoms with E-state index in [0.29, 0.717) is 0 Å². The molecule has 0 amide bonds. The molecule has 0 saturated heterocycles. The molecule has 5 nitrogen and oxygen atoms in total. The second kappa shape index (κ2) is 8.10. The van der Waals surface area contributed by atoms with Gasteiger partial charge in [-0.2, -0.15) is 0 Å². The third kappa shape index (κ3) is 3.03. The van der Waals surface area contributed by atoms with Crippen LogP contribution in [-0.4, -0.2) is 19.9 Å². The molecule has 0 saturated carbocycles. The molecule has 0 bridgehead atoms. The summed E-state index contributed by atoms with van der Waals surface area (Å²) in [6, 6.07) is 30.7. The van der Waals surface area contributed by atoms with Crippen LogP contribution in [0.25, 0.3) is 22.3 Å². The number of pyridine rings is 2. The maximum atomic E-state index is 6.47. The van der Waals surface area contributed by atoms with Crippen molar-refractivity contribution in [1.29, 1.82) is 0 Å². The van der Waals surface area contributed by atoms with Crippen LogP contribution >= 0.6 is 0 Å². The number of fused-ring (bicyclic) bond motifs is 3. The fourth-order valence-electron chi connectivity index (χ4n) is 5.29. The van der Waals surface area contributed by atoms with Crippen molar-refractivity contribution in [3.05, 3.63) is 144 Å². The van der Waals surface area contributed by atoms with E-state index >= 15 is 0 Å². The van der Waals surface area contributed by atoms with Crippen LogP contribution in [0.4, 0.5) is 0 Å². The highest BCUT2D eigenvalue weighted by molar-refractivity contribution is 5.78. The molecule has 3 aromatic heterocycles. The highest BCUT2D eigenvalue weighted by Crippen LogP contribution is 2.55. The van der Waals surface area contributed by atoms with Gasteiger partial charge in [0.15, 0.2) is 0 Å². The largest absolute Gasteiger partial charge is 0.457 e. The molecule has 4 heterocycles. The van der Waals surface area contributed by atoms with Gasteiger partial charge >= 0.3 is 0 Å². The average molecular weight is 465 g/mol. The molecule has 6 aromatic rings. The number of nitrogens with zero attached hydrogens (tertiary/aromatic N) is 4. The molecule has 1 aliphatic rings. The van der Waals surface area contributed by atoms with Crippen LogP contribution in [0.5, 0.6) is 11.5 Å². The Morgan fingerprint density at radius 3 is 1.97 bits per heavy atom. The van der Waals surface area contributed by atoms with Gasteiger partial charge < -0.3 is 4.74 Å². The summed E-state index contributed by atoms with van der Waals surface area (Å²) in [6.07, 6.45) is 9.20. The molecule has 0 fully saturated rings. The summed E-state index contributed by atoms with van der Waals surface area (Å²) in [5.74, 6) is 1.64. The first-order valence-corrected chi connectivity index (χ1v) is 11.8. The van der Waals surface area contributed by atoms with Gasteiger partial charge in [-0.05, 0) is 71.8 Å². The van der Waals surface area contributed by atoms with Crippen molar-refractivity contribution in [2.75, 3.05) is 0 Å². The predicted octanol–water partition coefficient (Wildman–Crippen LogP) is 6.58. The summed E-state index contributed by atoms with van der Waals surface area (Å²) in [7, 11) is 0. The summed E-state index contributed by atoms with van der Waals surface area (Å²) >= 11 is 0. The Morgan fingerprint density at radius 1 is 0.583 bits per heavy atom. The molecule has 3 aromatic carbocycles. The Kier molecular flexibility index (Phi) is 4.61. The molecule has 7 rings (SSSR count). The first kappa shape index (κ1) is 20.5. The quantitative estimate of drug-likeness (QED) is 0.296. The molecule has 0 radical (unpaired) electrons. The minimum Gasteiger partial charge on any atom is -0.457 e. The van der Waals surface area contributed by atoms with Crippen LogP contribution in [0.2, 0.25) is 0 Å². The standard InChI is InChI=1S/C31H20N4O/c1-4-8-29-24(5-1)31(22-11-15-32-16-12-22,23-13-17-33-18-14-23)25-19-21(9-10-30(25)36-29)28-20-34-26-6-2-3-7-27(26)35-28/h1-20H. The number of aromatic nitrogens is 4. The zero-order valence-corrected chi connectivity index (χ0v) is 19.2. The third-order valence-electron chi connectivity index (χ3n) is 6.87. The lowest BCUT2D eigenvalue weighted by Gasteiger charge is -2.41. The Bertz CT molecular complexity index is 1680. The molecular weight excluding hydrogens is 444 g/mol. The predicted molar refractivity (Wildman–Crippen MR) is 139 cm³/mol. The number of ether oxygens (including phenoxy) is 1. The van der Waals surface area contributed by atoms with Crippen molar-refractivity contribution >= 4 is 11.0 Å². The SMILES string of the molecule is c1ccc2c(c1)Oc1ccc(-c3cnc4ccccc4n3)cc1C2(c1ccncc1)c1ccncc1. The summed E-state index contributed by atoms with van der Waals surface area (Å²) in [5, 5.41) is 0. The van der Waals surface area contributed by atoms with Crippen LogP contribution in [0.1, 0.15) is 22.3 Å². The Hall–Kier alpha value is -4.90. The van der Waals surface area contributed by atoms with Gasteiger partial charge in [0.05, 0.1) is 28.3 Å². The normalized spacial score (nSPS) is 13.4. The fourth-order valence-corrected chi connectivity index (χ4v) is 5.29. The molecular formula is C31H20N4O. The summed E-state index contributed by atoms with van der Waals surface area (Å²) in [5.41, 5.74) is 7.20. The van der Waals surface area contributed by atoms with E-state index in [1.807, 2.05) is 73.4 Å². The van der Waals surface area contributed by atoms with Gasteiger partial charge in [-0.25, -0.2) is 4.98 Å². The monoisotopic (exact) mass is 464 g/mol. The van der Waals surface area contributed by atoms with E-state index in [4.69, 9.17) is 9.72 Å². The molecule has 170 valence electrons. The second-order valence-corrected chi connectivity index (χ2v) is 8.77. The summed E-state index contributed by atoms with van der Waals surface area (Å²) in [6.45, 7) is 0. The molecule has 5 heteroatoms. The Morgan fingerprint density at radius 2 is 1.22 bits per heavy atom. The summed E-state index contributed by atoms with van der Waals surface area (Å²) < 4.78 is 6.47. The van der Waals surface area contributed by atoms with Crippen molar-refractivity contribution in [1.82, 2.24) is 19.9 Å². The van der Waals surface area contributed by atoms with Crippen LogP contribution in [0.15, 0.2) is 122 Å². The van der Waals surface area contributed by atoms with Gasteiger partial charge in [0.25, 0.3) is 0 Å². The van der Waals surface area contributed by atoms with Crippen LogP contribution in [0, 0.1) is 0 Å². The van der Waals surface area contributed by atoms with E-state index in [9.17, 15) is 0 Å². The minimum absolute atomic E-state index is 0.629. The van der Waals surface area contributed by atoms with Gasteiger partial charge in [-0.3, -0.25) is 15.0 Å². The zero-order chi connectivity index (χ0) is 24.0. The van der Waals surface area contributed by atoms with E-state index in [0.717, 1.165) is 56.0 Å². The lowest BCUT2D eigenvalue weighted by atomic mass is 9.64. The number of para-hydroxylation sites is 3. The maximum Gasteiger partial charge on any atom is 0.132 e. The van der Waals surface area contributed by atoms with Gasteiger partial charge in [0.1, 0.15) is 11.5 Å². The summed E-state index contributed by atoms with van der Waals surface area (Å²) in [4.78, 5) is 18.2. The van der Waals surface area contributed by atoms with Crippen molar-refractivity contribution in [3.63, 3.8) is 0 Å². The average Bonchev–Trinajstić information content (AvgIpc) is 2.96. The Labute approximate surface area is 208 Å². The van der Waals surface area contributed by atoms with Crippen LogP contribution < -0.4 is 4.74 Å². The maximum absolute atomic E-state index is 6.47. The minimum atomic E-state index is -0.629. The van der Waals surface area contributed by atoms with Crippen LogP contribution in [-0.2, 0) is 5.41 Å². The lowest BCUT2D eigenvalue weighted by Crippen LogP contribution is -2.34. The van der Waals surface area contributed by atoms with E-state index in [2.05, 4.69) is 63.5 Å². The van der Waals surface area contributed by atoms with E-state index < -0.39 is 5.41 Å². The van der Waals surface area contributed by atoms with Crippen molar-refractivity contribution in [2.24, 2.45) is 0 Å². The van der Waals surface area contributed by atoms with E-state index in [-0.39, 0.29) is 0 Å². The fraction of sp³-hybridized carbons (Fsp3) is 0.0323. The first-order chi connectivity index (χ1) is 17.8.